The van der Waals surface area contributed by atoms with Gasteiger partial charge in [0.05, 0.1) is 11.0 Å². The van der Waals surface area contributed by atoms with Crippen LogP contribution in [0, 0.1) is 13.8 Å². The zero-order valence-electron chi connectivity index (χ0n) is 13.6. The molecule has 2 heteroatoms. The van der Waals surface area contributed by atoms with Crippen LogP contribution in [0.2, 0.25) is 0 Å². The van der Waals surface area contributed by atoms with Crippen molar-refractivity contribution >= 4 is 11.0 Å². The third-order valence-electron chi connectivity index (χ3n) is 4.31. The largest absolute Gasteiger partial charge is 0.327 e. The molecule has 1 heterocycles. The fourth-order valence-corrected chi connectivity index (χ4v) is 3.07. The summed E-state index contributed by atoms with van der Waals surface area (Å²) in [6, 6.07) is 12.8. The number of aryl methyl sites for hydroxylation is 3. The van der Waals surface area contributed by atoms with E-state index in [2.05, 4.69) is 62.4 Å². The summed E-state index contributed by atoms with van der Waals surface area (Å²) in [6.45, 7) is 8.19. The maximum atomic E-state index is 4.85. The Balaban J connectivity index is 2.19. The van der Waals surface area contributed by atoms with Crippen molar-refractivity contribution < 1.29 is 0 Å². The lowest BCUT2D eigenvalue weighted by atomic mass is 9.95. The molecular weight excluding hydrogens is 268 g/mol. The van der Waals surface area contributed by atoms with Crippen LogP contribution >= 0.6 is 0 Å². The standard InChI is InChI=1S/C20H22N2/c1-5-6-9-16-12-14(2)13-17(15(16)3)20-21-18-10-7-8-11-19(18)22(20)4/h5,7-8,10-13H,1,6,9H2,2-4H3. The fraction of sp³-hybridized carbons (Fsp3) is 0.250. The average Bonchev–Trinajstić information content (AvgIpc) is 2.85. The number of imidazole rings is 1. The van der Waals surface area contributed by atoms with Crippen molar-refractivity contribution in [1.29, 1.82) is 0 Å². The number of hydrogen-bond acceptors (Lipinski definition) is 1. The maximum Gasteiger partial charge on any atom is 0.141 e. The second-order valence-electron chi connectivity index (χ2n) is 5.91. The Morgan fingerprint density at radius 1 is 1.18 bits per heavy atom. The van der Waals surface area contributed by atoms with E-state index in [1.54, 1.807) is 0 Å². The van der Waals surface area contributed by atoms with Crippen molar-refractivity contribution in [2.24, 2.45) is 7.05 Å². The molecule has 0 radical (unpaired) electrons. The summed E-state index contributed by atoms with van der Waals surface area (Å²) in [5, 5.41) is 0. The van der Waals surface area contributed by atoms with E-state index < -0.39 is 0 Å². The van der Waals surface area contributed by atoms with E-state index in [9.17, 15) is 0 Å². The number of para-hydroxylation sites is 2. The van der Waals surface area contributed by atoms with E-state index in [4.69, 9.17) is 4.98 Å². The normalized spacial score (nSPS) is 11.0. The number of allylic oxidation sites excluding steroid dienone is 1. The number of rotatable bonds is 4. The first-order valence-electron chi connectivity index (χ1n) is 7.74. The van der Waals surface area contributed by atoms with E-state index >= 15 is 0 Å². The maximum absolute atomic E-state index is 4.85. The number of benzene rings is 2. The molecule has 0 amide bonds. The van der Waals surface area contributed by atoms with Gasteiger partial charge >= 0.3 is 0 Å². The number of nitrogens with zero attached hydrogens (tertiary/aromatic N) is 2. The minimum atomic E-state index is 1.01. The first kappa shape index (κ1) is 14.6. The summed E-state index contributed by atoms with van der Waals surface area (Å²) >= 11 is 0. The number of hydrogen-bond donors (Lipinski definition) is 0. The van der Waals surface area contributed by atoms with Gasteiger partial charge in [0.2, 0.25) is 0 Å². The van der Waals surface area contributed by atoms with Crippen LogP contribution in [0.1, 0.15) is 23.1 Å². The molecule has 22 heavy (non-hydrogen) atoms. The van der Waals surface area contributed by atoms with Gasteiger partial charge in [-0.15, -0.1) is 6.58 Å². The first-order chi connectivity index (χ1) is 10.6. The second-order valence-corrected chi connectivity index (χ2v) is 5.91. The van der Waals surface area contributed by atoms with E-state index in [-0.39, 0.29) is 0 Å². The highest BCUT2D eigenvalue weighted by Gasteiger charge is 2.14. The molecule has 3 rings (SSSR count). The molecule has 2 nitrogen and oxygen atoms in total. The van der Waals surface area contributed by atoms with Gasteiger partial charge in [0.1, 0.15) is 5.82 Å². The summed E-state index contributed by atoms with van der Waals surface area (Å²) in [5.74, 6) is 1.04. The van der Waals surface area contributed by atoms with Crippen molar-refractivity contribution in [3.63, 3.8) is 0 Å². The van der Waals surface area contributed by atoms with Crippen LogP contribution < -0.4 is 0 Å². The Bertz CT molecular complexity index is 840. The average molecular weight is 290 g/mol. The van der Waals surface area contributed by atoms with Gasteiger partial charge in [-0.2, -0.15) is 0 Å². The molecule has 0 aliphatic rings. The zero-order valence-corrected chi connectivity index (χ0v) is 13.6. The lowest BCUT2D eigenvalue weighted by Gasteiger charge is -2.13. The first-order valence-corrected chi connectivity index (χ1v) is 7.74. The van der Waals surface area contributed by atoms with Crippen molar-refractivity contribution in [2.75, 3.05) is 0 Å². The third-order valence-corrected chi connectivity index (χ3v) is 4.31. The van der Waals surface area contributed by atoms with Crippen molar-refractivity contribution in [3.05, 3.63) is 65.7 Å². The monoisotopic (exact) mass is 290 g/mol. The molecule has 0 N–H and O–H groups in total. The lowest BCUT2D eigenvalue weighted by Crippen LogP contribution is -1.99. The number of fused-ring (bicyclic) bond motifs is 1. The molecule has 0 aliphatic heterocycles. The predicted octanol–water partition coefficient (Wildman–Crippen LogP) is 4.98. The molecule has 2 aromatic carbocycles. The second kappa shape index (κ2) is 5.80. The predicted molar refractivity (Wildman–Crippen MR) is 94.1 cm³/mol. The van der Waals surface area contributed by atoms with Crippen LogP contribution in [0.3, 0.4) is 0 Å². The quantitative estimate of drug-likeness (QED) is 0.620. The molecular formula is C20H22N2. The topological polar surface area (TPSA) is 17.8 Å². The van der Waals surface area contributed by atoms with Gasteiger partial charge in [-0.25, -0.2) is 4.98 Å². The van der Waals surface area contributed by atoms with Gasteiger partial charge in [0.15, 0.2) is 0 Å². The Morgan fingerprint density at radius 2 is 1.95 bits per heavy atom. The molecule has 0 bridgehead atoms. The summed E-state index contributed by atoms with van der Waals surface area (Å²) < 4.78 is 2.19. The highest BCUT2D eigenvalue weighted by atomic mass is 15.1. The minimum Gasteiger partial charge on any atom is -0.327 e. The van der Waals surface area contributed by atoms with Gasteiger partial charge in [-0.3, -0.25) is 0 Å². The summed E-state index contributed by atoms with van der Waals surface area (Å²) in [7, 11) is 2.09. The lowest BCUT2D eigenvalue weighted by molar-refractivity contribution is 0.948. The van der Waals surface area contributed by atoms with Crippen molar-refractivity contribution in [2.45, 2.75) is 26.7 Å². The summed E-state index contributed by atoms with van der Waals surface area (Å²) in [4.78, 5) is 4.85. The molecule has 3 aromatic rings. The van der Waals surface area contributed by atoms with Crippen LogP contribution in [0.15, 0.2) is 49.1 Å². The molecule has 0 unspecified atom stereocenters. The molecule has 112 valence electrons. The molecule has 0 fully saturated rings. The fourth-order valence-electron chi connectivity index (χ4n) is 3.07. The van der Waals surface area contributed by atoms with Gasteiger partial charge in [-0.05, 0) is 56.0 Å². The van der Waals surface area contributed by atoms with Crippen LogP contribution in [0.5, 0.6) is 0 Å². The summed E-state index contributed by atoms with van der Waals surface area (Å²) in [6.07, 6.45) is 4.02. The van der Waals surface area contributed by atoms with E-state index in [0.29, 0.717) is 0 Å². The summed E-state index contributed by atoms with van der Waals surface area (Å²) in [5.41, 5.74) is 7.46. The molecule has 1 aromatic heterocycles. The highest BCUT2D eigenvalue weighted by Crippen LogP contribution is 2.29. The van der Waals surface area contributed by atoms with Gasteiger partial charge in [0, 0.05) is 12.6 Å². The van der Waals surface area contributed by atoms with E-state index in [1.807, 2.05) is 12.1 Å². The van der Waals surface area contributed by atoms with Crippen LogP contribution in [-0.4, -0.2) is 9.55 Å². The van der Waals surface area contributed by atoms with E-state index in [0.717, 1.165) is 24.2 Å². The SMILES string of the molecule is C=CCCc1cc(C)cc(-c2nc3ccccc3n2C)c1C. The Labute approximate surface area is 132 Å². The van der Waals surface area contributed by atoms with Crippen molar-refractivity contribution in [3.8, 4) is 11.4 Å². The minimum absolute atomic E-state index is 1.01. The van der Waals surface area contributed by atoms with Gasteiger partial charge < -0.3 is 4.57 Å². The Kier molecular flexibility index (Phi) is 3.84. The van der Waals surface area contributed by atoms with Gasteiger partial charge in [0.25, 0.3) is 0 Å². The smallest absolute Gasteiger partial charge is 0.141 e. The van der Waals surface area contributed by atoms with Crippen LogP contribution in [0.4, 0.5) is 0 Å². The van der Waals surface area contributed by atoms with Crippen LogP contribution in [0.25, 0.3) is 22.4 Å². The number of aromatic nitrogens is 2. The van der Waals surface area contributed by atoms with E-state index in [1.165, 1.54) is 27.8 Å². The Hall–Kier alpha value is -2.35. The third kappa shape index (κ3) is 2.45. The highest BCUT2D eigenvalue weighted by molar-refractivity contribution is 5.81. The van der Waals surface area contributed by atoms with Gasteiger partial charge in [-0.1, -0.05) is 29.8 Å². The molecule has 0 saturated carbocycles. The molecule has 0 aliphatic carbocycles. The Morgan fingerprint density at radius 3 is 2.68 bits per heavy atom. The molecule has 0 atom stereocenters. The molecule has 0 saturated heterocycles. The zero-order chi connectivity index (χ0) is 15.7. The molecule has 0 spiro atoms. The van der Waals surface area contributed by atoms with Crippen molar-refractivity contribution in [1.82, 2.24) is 9.55 Å². The van der Waals surface area contributed by atoms with Crippen LogP contribution in [-0.2, 0) is 13.5 Å².